The summed E-state index contributed by atoms with van der Waals surface area (Å²) < 4.78 is 7.53. The fourth-order valence-corrected chi connectivity index (χ4v) is 3.33. The van der Waals surface area contributed by atoms with Gasteiger partial charge in [0.1, 0.15) is 5.82 Å². The standard InChI is InChI=1S/C19H26N4O2/c1-4-23-14(2)11-17(15(23)3)19(24)21-13-16-5-6-20-18(12-16)22-7-9-25-10-8-22/h5-6,11-12H,4,7-10,13H2,1-3H3,(H,21,24). The molecule has 0 aliphatic carbocycles. The van der Waals surface area contributed by atoms with Gasteiger partial charge < -0.3 is 19.5 Å². The summed E-state index contributed by atoms with van der Waals surface area (Å²) in [5.41, 5.74) is 3.93. The van der Waals surface area contributed by atoms with Gasteiger partial charge in [0, 0.05) is 43.8 Å². The topological polar surface area (TPSA) is 59.4 Å². The number of hydrogen-bond acceptors (Lipinski definition) is 4. The quantitative estimate of drug-likeness (QED) is 0.906. The highest BCUT2D eigenvalue weighted by atomic mass is 16.5. The normalized spacial score (nSPS) is 14.6. The Morgan fingerprint density at radius 2 is 2.04 bits per heavy atom. The average Bonchev–Trinajstić information content (AvgIpc) is 2.94. The maximum atomic E-state index is 12.5. The number of aryl methyl sites for hydroxylation is 1. The van der Waals surface area contributed by atoms with E-state index in [0.717, 1.165) is 61.2 Å². The highest BCUT2D eigenvalue weighted by molar-refractivity contribution is 5.95. The number of nitrogens with one attached hydrogen (secondary N) is 1. The number of pyridine rings is 1. The lowest BCUT2D eigenvalue weighted by Gasteiger charge is -2.28. The van der Waals surface area contributed by atoms with Crippen molar-refractivity contribution in [2.45, 2.75) is 33.9 Å². The predicted molar refractivity (Wildman–Crippen MR) is 98.0 cm³/mol. The zero-order chi connectivity index (χ0) is 17.8. The molecule has 134 valence electrons. The van der Waals surface area contributed by atoms with Crippen LogP contribution < -0.4 is 10.2 Å². The lowest BCUT2D eigenvalue weighted by Crippen LogP contribution is -2.36. The Labute approximate surface area is 148 Å². The van der Waals surface area contributed by atoms with Gasteiger partial charge in [0.15, 0.2) is 0 Å². The van der Waals surface area contributed by atoms with Gasteiger partial charge in [-0.3, -0.25) is 4.79 Å². The van der Waals surface area contributed by atoms with Crippen LogP contribution in [-0.2, 0) is 17.8 Å². The Morgan fingerprint density at radius 1 is 1.28 bits per heavy atom. The van der Waals surface area contributed by atoms with Crippen molar-refractivity contribution in [3.8, 4) is 0 Å². The van der Waals surface area contributed by atoms with Crippen molar-refractivity contribution in [2.24, 2.45) is 0 Å². The van der Waals surface area contributed by atoms with E-state index in [1.165, 1.54) is 0 Å². The van der Waals surface area contributed by atoms with Crippen molar-refractivity contribution in [1.82, 2.24) is 14.9 Å². The second-order valence-corrected chi connectivity index (χ2v) is 6.33. The monoisotopic (exact) mass is 342 g/mol. The first-order valence-corrected chi connectivity index (χ1v) is 8.82. The Balaban J connectivity index is 1.66. The molecule has 0 spiro atoms. The van der Waals surface area contributed by atoms with E-state index >= 15 is 0 Å². The number of carbonyl (C=O) groups excluding carboxylic acids is 1. The van der Waals surface area contributed by atoms with E-state index in [2.05, 4.69) is 26.7 Å². The maximum Gasteiger partial charge on any atom is 0.253 e. The van der Waals surface area contributed by atoms with Gasteiger partial charge in [-0.05, 0) is 44.5 Å². The largest absolute Gasteiger partial charge is 0.378 e. The van der Waals surface area contributed by atoms with E-state index in [4.69, 9.17) is 4.74 Å². The molecule has 6 heteroatoms. The van der Waals surface area contributed by atoms with E-state index in [1.54, 1.807) is 6.20 Å². The SMILES string of the molecule is CCn1c(C)cc(C(=O)NCc2ccnc(N3CCOCC3)c2)c1C. The summed E-state index contributed by atoms with van der Waals surface area (Å²) >= 11 is 0. The number of hydrogen-bond donors (Lipinski definition) is 1. The summed E-state index contributed by atoms with van der Waals surface area (Å²) in [6.45, 7) is 10.7. The first kappa shape index (κ1) is 17.5. The number of carbonyl (C=O) groups is 1. The molecule has 1 aliphatic heterocycles. The minimum atomic E-state index is -0.0301. The third-order valence-electron chi connectivity index (χ3n) is 4.73. The summed E-state index contributed by atoms with van der Waals surface area (Å²) in [5.74, 6) is 0.914. The van der Waals surface area contributed by atoms with Crippen molar-refractivity contribution < 1.29 is 9.53 Å². The maximum absolute atomic E-state index is 12.5. The highest BCUT2D eigenvalue weighted by Crippen LogP contribution is 2.16. The minimum absolute atomic E-state index is 0.0301. The number of aromatic nitrogens is 2. The number of anilines is 1. The van der Waals surface area contributed by atoms with Gasteiger partial charge in [0.05, 0.1) is 18.8 Å². The molecule has 2 aromatic rings. The van der Waals surface area contributed by atoms with Crippen LogP contribution in [0.2, 0.25) is 0 Å². The lowest BCUT2D eigenvalue weighted by molar-refractivity contribution is 0.0950. The van der Waals surface area contributed by atoms with Crippen molar-refractivity contribution in [3.05, 3.63) is 46.9 Å². The predicted octanol–water partition coefficient (Wildman–Crippen LogP) is 2.29. The molecule has 0 saturated carbocycles. The minimum Gasteiger partial charge on any atom is -0.378 e. The number of amides is 1. The zero-order valence-corrected chi connectivity index (χ0v) is 15.2. The molecule has 0 radical (unpaired) electrons. The second-order valence-electron chi connectivity index (χ2n) is 6.33. The van der Waals surface area contributed by atoms with Crippen molar-refractivity contribution >= 4 is 11.7 Å². The fraction of sp³-hybridized carbons (Fsp3) is 0.474. The number of nitrogens with zero attached hydrogens (tertiary/aromatic N) is 3. The molecule has 2 aromatic heterocycles. The Kier molecular flexibility index (Phi) is 5.38. The molecule has 1 fully saturated rings. The average molecular weight is 342 g/mol. The van der Waals surface area contributed by atoms with Crippen LogP contribution in [0, 0.1) is 13.8 Å². The smallest absolute Gasteiger partial charge is 0.253 e. The summed E-state index contributed by atoms with van der Waals surface area (Å²) in [7, 11) is 0. The van der Waals surface area contributed by atoms with Gasteiger partial charge in [-0.15, -0.1) is 0 Å². The fourth-order valence-electron chi connectivity index (χ4n) is 3.33. The van der Waals surface area contributed by atoms with E-state index in [9.17, 15) is 4.79 Å². The first-order chi connectivity index (χ1) is 12.1. The summed E-state index contributed by atoms with van der Waals surface area (Å²) in [6, 6.07) is 5.94. The molecule has 1 saturated heterocycles. The van der Waals surface area contributed by atoms with E-state index in [-0.39, 0.29) is 5.91 Å². The molecular weight excluding hydrogens is 316 g/mol. The molecule has 0 bridgehead atoms. The van der Waals surface area contributed by atoms with Gasteiger partial charge in [0.25, 0.3) is 5.91 Å². The molecule has 3 rings (SSSR count). The molecule has 3 heterocycles. The van der Waals surface area contributed by atoms with Crippen molar-refractivity contribution in [2.75, 3.05) is 31.2 Å². The van der Waals surface area contributed by atoms with E-state index in [1.807, 2.05) is 32.0 Å². The second kappa shape index (κ2) is 7.70. The Hall–Kier alpha value is -2.34. The van der Waals surface area contributed by atoms with E-state index < -0.39 is 0 Å². The molecule has 25 heavy (non-hydrogen) atoms. The van der Waals surface area contributed by atoms with Crippen LogP contribution in [0.5, 0.6) is 0 Å². The Morgan fingerprint density at radius 3 is 2.72 bits per heavy atom. The number of ether oxygens (including phenoxy) is 1. The number of morpholine rings is 1. The Bertz CT molecular complexity index is 748. The van der Waals surface area contributed by atoms with Crippen LogP contribution in [0.15, 0.2) is 24.4 Å². The van der Waals surface area contributed by atoms with Gasteiger partial charge in [-0.1, -0.05) is 0 Å². The third-order valence-corrected chi connectivity index (χ3v) is 4.73. The van der Waals surface area contributed by atoms with Crippen LogP contribution >= 0.6 is 0 Å². The molecule has 1 aliphatic rings. The molecule has 0 atom stereocenters. The molecule has 0 aromatic carbocycles. The van der Waals surface area contributed by atoms with Gasteiger partial charge in [0.2, 0.25) is 0 Å². The van der Waals surface area contributed by atoms with Crippen LogP contribution in [-0.4, -0.2) is 41.8 Å². The van der Waals surface area contributed by atoms with Crippen LogP contribution in [0.3, 0.4) is 0 Å². The van der Waals surface area contributed by atoms with Crippen LogP contribution in [0.4, 0.5) is 5.82 Å². The van der Waals surface area contributed by atoms with Crippen LogP contribution in [0.25, 0.3) is 0 Å². The van der Waals surface area contributed by atoms with Crippen LogP contribution in [0.1, 0.15) is 34.2 Å². The van der Waals surface area contributed by atoms with Crippen molar-refractivity contribution in [3.63, 3.8) is 0 Å². The summed E-state index contributed by atoms with van der Waals surface area (Å²) in [4.78, 5) is 19.2. The lowest BCUT2D eigenvalue weighted by atomic mass is 10.2. The molecule has 6 nitrogen and oxygen atoms in total. The highest BCUT2D eigenvalue weighted by Gasteiger charge is 2.15. The molecule has 1 amide bonds. The first-order valence-electron chi connectivity index (χ1n) is 8.82. The zero-order valence-electron chi connectivity index (χ0n) is 15.2. The van der Waals surface area contributed by atoms with E-state index in [0.29, 0.717) is 6.54 Å². The molecule has 0 unspecified atom stereocenters. The van der Waals surface area contributed by atoms with Gasteiger partial charge in [-0.25, -0.2) is 4.98 Å². The molecule has 1 N–H and O–H groups in total. The summed E-state index contributed by atoms with van der Waals surface area (Å²) in [5, 5.41) is 3.03. The van der Waals surface area contributed by atoms with Gasteiger partial charge in [-0.2, -0.15) is 0 Å². The third kappa shape index (κ3) is 3.85. The number of rotatable bonds is 5. The van der Waals surface area contributed by atoms with Gasteiger partial charge >= 0.3 is 0 Å². The molecular formula is C19H26N4O2. The van der Waals surface area contributed by atoms with Crippen molar-refractivity contribution in [1.29, 1.82) is 0 Å². The summed E-state index contributed by atoms with van der Waals surface area (Å²) in [6.07, 6.45) is 1.80.